The topological polar surface area (TPSA) is 96.0 Å². The van der Waals surface area contributed by atoms with Gasteiger partial charge in [0.15, 0.2) is 5.82 Å². The molecule has 0 saturated carbocycles. The highest BCUT2D eigenvalue weighted by molar-refractivity contribution is 7.50. The summed E-state index contributed by atoms with van der Waals surface area (Å²) in [4.78, 5) is 24.2. The molecule has 2 saturated heterocycles. The van der Waals surface area contributed by atoms with Crippen molar-refractivity contribution in [2.75, 3.05) is 26.4 Å². The molecule has 9 nitrogen and oxygen atoms in total. The Labute approximate surface area is 217 Å². The molecule has 0 aliphatic carbocycles. The van der Waals surface area contributed by atoms with E-state index in [9.17, 15) is 4.79 Å². The maximum absolute atomic E-state index is 13.0. The van der Waals surface area contributed by atoms with Crippen LogP contribution >= 0.6 is 8.30 Å². The molecule has 36 heavy (non-hydrogen) atoms. The van der Waals surface area contributed by atoms with E-state index in [2.05, 4.69) is 60.2 Å². The van der Waals surface area contributed by atoms with E-state index in [1.165, 1.54) is 0 Å². The van der Waals surface area contributed by atoms with Crippen molar-refractivity contribution in [3.63, 3.8) is 0 Å². The molecule has 0 radical (unpaired) electrons. The lowest BCUT2D eigenvalue weighted by molar-refractivity contribution is -0.00755. The molecule has 0 bridgehead atoms. The minimum absolute atomic E-state index is 0.0417. The van der Waals surface area contributed by atoms with E-state index < -0.39 is 8.30 Å². The zero-order valence-electron chi connectivity index (χ0n) is 23.0. The molecule has 2 fully saturated rings. The quantitative estimate of drug-likeness (QED) is 0.301. The van der Waals surface area contributed by atoms with Gasteiger partial charge in [-0.15, -0.1) is 0 Å². The predicted molar refractivity (Wildman–Crippen MR) is 145 cm³/mol. The number of hydrogen-bond donors (Lipinski definition) is 0. The number of aromatic nitrogens is 2. The molecular weight excluding hydrogens is 475 g/mol. The van der Waals surface area contributed by atoms with Crippen LogP contribution in [0.2, 0.25) is 0 Å². The molecule has 2 unspecified atom stereocenters. The minimum atomic E-state index is -0.901. The average molecular weight is 519 g/mol. The van der Waals surface area contributed by atoms with Crippen molar-refractivity contribution in [1.82, 2.24) is 19.1 Å². The third-order valence-electron chi connectivity index (χ3n) is 6.91. The summed E-state index contributed by atoms with van der Waals surface area (Å²) in [7, 11) is 1.13. The summed E-state index contributed by atoms with van der Waals surface area (Å²) in [5, 5.41) is 9.02. The molecule has 0 amide bonds. The van der Waals surface area contributed by atoms with Crippen molar-refractivity contribution in [2.45, 2.75) is 98.1 Å². The average Bonchev–Trinajstić information content (AvgIpc) is 3.41. The standard InChI is InChI=1S/C26H43N6O3P/c1-8-22-21(17-36(34-14-10-12-27)32(18(2)3)19(4)5)15-24(35-22)31-16-20(6)25(29-26(31)33)28-23-11-9-13-30(23)7/h16,18-19,21-22,24H,8-11,13-15,17H2,1-7H3/t21-,22-,24?,36?/m1/s1. The van der Waals surface area contributed by atoms with E-state index in [-0.39, 0.29) is 23.9 Å². The molecule has 10 heteroatoms. The lowest BCUT2D eigenvalue weighted by Gasteiger charge is -2.38. The highest BCUT2D eigenvalue weighted by Gasteiger charge is 2.39. The number of aliphatic imine (C=N–C) groups is 1. The molecule has 2 aliphatic heterocycles. The molecule has 0 spiro atoms. The first-order valence-electron chi connectivity index (χ1n) is 13.3. The summed E-state index contributed by atoms with van der Waals surface area (Å²) in [6, 6.07) is 2.85. The van der Waals surface area contributed by atoms with Gasteiger partial charge in [-0.25, -0.2) is 9.79 Å². The number of aryl methyl sites for hydroxylation is 1. The van der Waals surface area contributed by atoms with Crippen LogP contribution in [0.5, 0.6) is 0 Å². The second-order valence-corrected chi connectivity index (χ2v) is 12.2. The van der Waals surface area contributed by atoms with Gasteiger partial charge in [0.05, 0.1) is 25.2 Å². The van der Waals surface area contributed by atoms with Gasteiger partial charge in [-0.1, -0.05) is 6.92 Å². The Morgan fingerprint density at radius 2 is 2.08 bits per heavy atom. The van der Waals surface area contributed by atoms with Crippen molar-refractivity contribution < 1.29 is 9.26 Å². The monoisotopic (exact) mass is 518 g/mol. The lowest BCUT2D eigenvalue weighted by Crippen LogP contribution is -2.35. The van der Waals surface area contributed by atoms with Gasteiger partial charge in [-0.3, -0.25) is 9.24 Å². The zero-order valence-corrected chi connectivity index (χ0v) is 23.9. The first-order valence-corrected chi connectivity index (χ1v) is 14.7. The van der Waals surface area contributed by atoms with Gasteiger partial charge in [0.2, 0.25) is 0 Å². The first-order chi connectivity index (χ1) is 17.2. The van der Waals surface area contributed by atoms with Crippen molar-refractivity contribution in [2.24, 2.45) is 10.9 Å². The second kappa shape index (κ2) is 13.1. The molecule has 200 valence electrons. The number of nitriles is 1. The van der Waals surface area contributed by atoms with Crippen LogP contribution in [0.25, 0.3) is 0 Å². The van der Waals surface area contributed by atoms with Crippen molar-refractivity contribution in [3.05, 3.63) is 22.2 Å². The Hall–Kier alpha value is -1.85. The maximum atomic E-state index is 13.0. The van der Waals surface area contributed by atoms with Crippen molar-refractivity contribution >= 4 is 20.0 Å². The van der Waals surface area contributed by atoms with E-state index in [4.69, 9.17) is 14.5 Å². The van der Waals surface area contributed by atoms with E-state index in [1.807, 2.05) is 20.2 Å². The number of amidine groups is 1. The van der Waals surface area contributed by atoms with Crippen LogP contribution in [0.15, 0.2) is 16.0 Å². The van der Waals surface area contributed by atoms with Gasteiger partial charge in [0.1, 0.15) is 20.4 Å². The summed E-state index contributed by atoms with van der Waals surface area (Å²) in [5.74, 6) is 1.74. The Kier molecular flexibility index (Phi) is 10.4. The molecule has 4 atom stereocenters. The molecule has 0 aromatic carbocycles. The third kappa shape index (κ3) is 6.92. The highest BCUT2D eigenvalue weighted by Crippen LogP contribution is 2.50. The summed E-state index contributed by atoms with van der Waals surface area (Å²) in [6.45, 7) is 14.3. The molecule has 3 rings (SSSR count). The summed E-state index contributed by atoms with van der Waals surface area (Å²) in [6.07, 6.45) is 6.37. The number of rotatable bonds is 11. The number of likely N-dealkylation sites (tertiary alicyclic amines) is 1. The van der Waals surface area contributed by atoms with Gasteiger partial charge in [0, 0.05) is 50.0 Å². The van der Waals surface area contributed by atoms with Crippen molar-refractivity contribution in [1.29, 1.82) is 5.26 Å². The van der Waals surface area contributed by atoms with Gasteiger partial charge in [0.25, 0.3) is 0 Å². The largest absolute Gasteiger partial charge is 0.363 e. The molecular formula is C26H43N6O3P. The number of ether oxygens (including phenoxy) is 1. The molecule has 2 aliphatic rings. The predicted octanol–water partition coefficient (Wildman–Crippen LogP) is 4.98. The van der Waals surface area contributed by atoms with Crippen LogP contribution in [0.1, 0.15) is 78.5 Å². The molecule has 0 N–H and O–H groups in total. The van der Waals surface area contributed by atoms with Gasteiger partial charge >= 0.3 is 5.69 Å². The van der Waals surface area contributed by atoms with Gasteiger partial charge in [-0.2, -0.15) is 10.2 Å². The smallest absolute Gasteiger partial charge is 0.351 e. The normalized spacial score (nSPS) is 24.4. The Morgan fingerprint density at radius 3 is 2.67 bits per heavy atom. The lowest BCUT2D eigenvalue weighted by atomic mass is 10.0. The summed E-state index contributed by atoms with van der Waals surface area (Å²) < 4.78 is 16.8. The molecule has 1 aromatic rings. The molecule has 1 aromatic heterocycles. The highest BCUT2D eigenvalue weighted by atomic mass is 31.2. The third-order valence-corrected chi connectivity index (χ3v) is 9.61. The van der Waals surface area contributed by atoms with E-state index in [0.717, 1.165) is 49.8 Å². The second-order valence-electron chi connectivity index (χ2n) is 10.4. The van der Waals surface area contributed by atoms with Crippen molar-refractivity contribution in [3.8, 4) is 6.07 Å². The summed E-state index contributed by atoms with van der Waals surface area (Å²) >= 11 is 0. The maximum Gasteiger partial charge on any atom is 0.351 e. The van der Waals surface area contributed by atoms with Crippen LogP contribution in [-0.2, 0) is 9.26 Å². The van der Waals surface area contributed by atoms with Gasteiger partial charge in [-0.05, 0) is 59.8 Å². The minimum Gasteiger partial charge on any atom is -0.363 e. The number of hydrogen-bond acceptors (Lipinski definition) is 7. The van der Waals surface area contributed by atoms with Gasteiger partial charge < -0.3 is 14.2 Å². The fourth-order valence-electron chi connectivity index (χ4n) is 5.24. The van der Waals surface area contributed by atoms with E-state index in [0.29, 0.717) is 30.9 Å². The van der Waals surface area contributed by atoms with Crippen LogP contribution in [0.4, 0.5) is 5.82 Å². The Morgan fingerprint density at radius 1 is 1.36 bits per heavy atom. The Balaban J connectivity index is 1.80. The van der Waals surface area contributed by atoms with Crippen LogP contribution in [-0.4, -0.2) is 69.5 Å². The fraction of sp³-hybridized carbons (Fsp3) is 0.769. The van der Waals surface area contributed by atoms with Crippen LogP contribution < -0.4 is 5.69 Å². The SMILES string of the molecule is CC[C@H]1OC(n2cc(C)c(N=C3CCCN3C)nc2=O)C[C@@H]1CP(OCCC#N)N(C(C)C)C(C)C. The summed E-state index contributed by atoms with van der Waals surface area (Å²) in [5.41, 5.74) is 0.551. The zero-order chi connectivity index (χ0) is 26.4. The van der Waals surface area contributed by atoms with E-state index in [1.54, 1.807) is 4.57 Å². The number of nitrogens with zero attached hydrogens (tertiary/aromatic N) is 6. The molecule has 3 heterocycles. The first kappa shape index (κ1) is 28.7. The fourth-order valence-corrected chi connectivity index (χ4v) is 7.78. The van der Waals surface area contributed by atoms with Crippen LogP contribution in [0, 0.1) is 24.2 Å². The Bertz CT molecular complexity index is 996. The van der Waals surface area contributed by atoms with Crippen LogP contribution in [0.3, 0.4) is 0 Å². The van der Waals surface area contributed by atoms with E-state index >= 15 is 0 Å².